The van der Waals surface area contributed by atoms with E-state index >= 15 is 0 Å². The maximum absolute atomic E-state index is 13.3. The number of aryl methyl sites for hydroxylation is 1. The van der Waals surface area contributed by atoms with E-state index in [-0.39, 0.29) is 5.82 Å². The summed E-state index contributed by atoms with van der Waals surface area (Å²) in [4.78, 5) is 10.7. The van der Waals surface area contributed by atoms with Crippen molar-refractivity contribution in [1.29, 1.82) is 0 Å². The smallest absolute Gasteiger partial charge is 0.331 e. The van der Waals surface area contributed by atoms with Crippen LogP contribution in [0, 0.1) is 12.7 Å². The van der Waals surface area contributed by atoms with Crippen molar-refractivity contribution in [2.24, 2.45) is 0 Å². The molecule has 4 heteroatoms. The van der Waals surface area contributed by atoms with Crippen LogP contribution < -0.4 is 5.32 Å². The van der Waals surface area contributed by atoms with Gasteiger partial charge in [0.1, 0.15) is 5.82 Å². The number of hydrogen-bond acceptors (Lipinski definition) is 2. The van der Waals surface area contributed by atoms with E-state index in [2.05, 4.69) is 5.32 Å². The minimum absolute atomic E-state index is 0.301. The van der Waals surface area contributed by atoms with Gasteiger partial charge in [-0.05, 0) is 31.0 Å². The molecule has 0 radical (unpaired) electrons. The Morgan fingerprint density at radius 3 is 2.82 bits per heavy atom. The standard InChI is InChI=1S/C13H16FNO2/c1-3-10(13(16)17)6-7-15-12-8-9(2)4-5-11(12)14/h4-6,8,15H,3,7H2,1-2H3,(H,16,17)/b10-6-. The highest BCUT2D eigenvalue weighted by Gasteiger charge is 2.04. The summed E-state index contributed by atoms with van der Waals surface area (Å²) < 4.78 is 13.3. The normalized spacial score (nSPS) is 11.4. The van der Waals surface area contributed by atoms with Crippen LogP contribution in [-0.4, -0.2) is 17.6 Å². The highest BCUT2D eigenvalue weighted by atomic mass is 19.1. The average Bonchev–Trinajstić information content (AvgIpc) is 2.28. The summed E-state index contributed by atoms with van der Waals surface area (Å²) in [6.45, 7) is 3.94. The highest BCUT2D eigenvalue weighted by Crippen LogP contribution is 2.15. The molecule has 0 fully saturated rings. The topological polar surface area (TPSA) is 49.3 Å². The SMILES string of the molecule is CC/C(=C/CNc1cc(C)ccc1F)C(=O)O. The molecule has 0 bridgehead atoms. The van der Waals surface area contributed by atoms with Crippen LogP contribution in [0.4, 0.5) is 10.1 Å². The van der Waals surface area contributed by atoms with Gasteiger partial charge in [-0.15, -0.1) is 0 Å². The van der Waals surface area contributed by atoms with E-state index in [1.165, 1.54) is 6.07 Å². The van der Waals surface area contributed by atoms with Crippen LogP contribution in [0.15, 0.2) is 29.8 Å². The van der Waals surface area contributed by atoms with Crippen molar-refractivity contribution < 1.29 is 14.3 Å². The summed E-state index contributed by atoms with van der Waals surface area (Å²) in [6, 6.07) is 4.76. The minimum Gasteiger partial charge on any atom is -0.478 e. The summed E-state index contributed by atoms with van der Waals surface area (Å²) in [7, 11) is 0. The number of aliphatic carboxylic acids is 1. The summed E-state index contributed by atoms with van der Waals surface area (Å²) in [5, 5.41) is 11.7. The van der Waals surface area contributed by atoms with Gasteiger partial charge < -0.3 is 10.4 Å². The zero-order chi connectivity index (χ0) is 12.8. The second-order valence-corrected chi connectivity index (χ2v) is 3.75. The van der Waals surface area contributed by atoms with Crippen molar-refractivity contribution >= 4 is 11.7 Å². The van der Waals surface area contributed by atoms with Crippen LogP contribution in [0.25, 0.3) is 0 Å². The number of hydrogen-bond donors (Lipinski definition) is 2. The Kier molecular flexibility index (Phi) is 4.69. The zero-order valence-corrected chi connectivity index (χ0v) is 9.96. The molecule has 1 rings (SSSR count). The predicted molar refractivity (Wildman–Crippen MR) is 65.6 cm³/mol. The second-order valence-electron chi connectivity index (χ2n) is 3.75. The van der Waals surface area contributed by atoms with E-state index in [1.807, 2.05) is 6.92 Å². The Hall–Kier alpha value is -1.84. The lowest BCUT2D eigenvalue weighted by atomic mass is 10.2. The van der Waals surface area contributed by atoms with Gasteiger partial charge >= 0.3 is 5.97 Å². The summed E-state index contributed by atoms with van der Waals surface area (Å²) in [5.74, 6) is -1.27. The van der Waals surface area contributed by atoms with Gasteiger partial charge in [0, 0.05) is 12.1 Å². The molecule has 0 aliphatic heterocycles. The van der Waals surface area contributed by atoms with Gasteiger partial charge in [0.2, 0.25) is 0 Å². The fourth-order valence-corrected chi connectivity index (χ4v) is 1.44. The first-order valence-corrected chi connectivity index (χ1v) is 5.47. The molecule has 0 heterocycles. The minimum atomic E-state index is -0.931. The third-order valence-electron chi connectivity index (χ3n) is 2.42. The number of nitrogens with one attached hydrogen (secondary N) is 1. The van der Waals surface area contributed by atoms with Gasteiger partial charge in [-0.3, -0.25) is 0 Å². The third kappa shape index (κ3) is 3.90. The molecule has 0 aromatic heterocycles. The number of carboxylic acids is 1. The van der Waals surface area contributed by atoms with Crippen molar-refractivity contribution in [1.82, 2.24) is 0 Å². The van der Waals surface area contributed by atoms with E-state index in [1.54, 1.807) is 25.1 Å². The molecular formula is C13H16FNO2. The first-order valence-electron chi connectivity index (χ1n) is 5.47. The van der Waals surface area contributed by atoms with E-state index in [0.717, 1.165) is 5.56 Å². The second kappa shape index (κ2) is 6.03. The molecule has 0 amide bonds. The lowest BCUT2D eigenvalue weighted by Gasteiger charge is -2.06. The quantitative estimate of drug-likeness (QED) is 0.774. The highest BCUT2D eigenvalue weighted by molar-refractivity contribution is 5.86. The van der Waals surface area contributed by atoms with E-state index < -0.39 is 5.97 Å². The number of halogens is 1. The maximum Gasteiger partial charge on any atom is 0.331 e. The molecule has 92 valence electrons. The first-order chi connectivity index (χ1) is 8.04. The molecule has 0 saturated carbocycles. The Labute approximate surface area is 100.0 Å². The molecule has 0 atom stereocenters. The molecule has 0 spiro atoms. The predicted octanol–water partition coefficient (Wildman–Crippen LogP) is 2.97. The molecule has 0 aliphatic carbocycles. The molecule has 17 heavy (non-hydrogen) atoms. The van der Waals surface area contributed by atoms with Crippen molar-refractivity contribution in [3.8, 4) is 0 Å². The first kappa shape index (κ1) is 13.2. The number of carbonyl (C=O) groups is 1. The molecule has 3 nitrogen and oxygen atoms in total. The Bertz CT molecular complexity index is 441. The van der Waals surface area contributed by atoms with Crippen LogP contribution >= 0.6 is 0 Å². The fraction of sp³-hybridized carbons (Fsp3) is 0.308. The lowest BCUT2D eigenvalue weighted by molar-refractivity contribution is -0.132. The van der Waals surface area contributed by atoms with Gasteiger partial charge in [0.05, 0.1) is 5.69 Å². The average molecular weight is 237 g/mol. The van der Waals surface area contributed by atoms with Crippen LogP contribution in [0.3, 0.4) is 0 Å². The Balaban J connectivity index is 2.67. The van der Waals surface area contributed by atoms with E-state index in [0.29, 0.717) is 24.2 Å². The van der Waals surface area contributed by atoms with Crippen LogP contribution in [0.1, 0.15) is 18.9 Å². The number of rotatable bonds is 5. The number of carboxylic acid groups (broad SMARTS) is 1. The molecule has 0 aliphatic rings. The van der Waals surface area contributed by atoms with Gasteiger partial charge in [-0.1, -0.05) is 19.1 Å². The van der Waals surface area contributed by atoms with Crippen molar-refractivity contribution in [3.05, 3.63) is 41.2 Å². The van der Waals surface area contributed by atoms with Crippen molar-refractivity contribution in [2.45, 2.75) is 20.3 Å². The molecular weight excluding hydrogens is 221 g/mol. The molecule has 2 N–H and O–H groups in total. The Morgan fingerprint density at radius 1 is 1.53 bits per heavy atom. The number of benzene rings is 1. The van der Waals surface area contributed by atoms with E-state index in [4.69, 9.17) is 5.11 Å². The molecule has 0 saturated heterocycles. The Morgan fingerprint density at radius 2 is 2.24 bits per heavy atom. The summed E-state index contributed by atoms with van der Waals surface area (Å²) in [6.07, 6.45) is 2.01. The molecule has 1 aromatic carbocycles. The van der Waals surface area contributed by atoms with Crippen LogP contribution in [0.5, 0.6) is 0 Å². The monoisotopic (exact) mass is 237 g/mol. The largest absolute Gasteiger partial charge is 0.478 e. The van der Waals surface area contributed by atoms with Gasteiger partial charge in [0.15, 0.2) is 0 Å². The van der Waals surface area contributed by atoms with Gasteiger partial charge in [-0.25, -0.2) is 9.18 Å². The third-order valence-corrected chi connectivity index (χ3v) is 2.42. The molecule has 0 unspecified atom stereocenters. The van der Waals surface area contributed by atoms with Crippen molar-refractivity contribution in [2.75, 3.05) is 11.9 Å². The zero-order valence-electron chi connectivity index (χ0n) is 9.96. The van der Waals surface area contributed by atoms with E-state index in [9.17, 15) is 9.18 Å². The van der Waals surface area contributed by atoms with Crippen molar-refractivity contribution in [3.63, 3.8) is 0 Å². The fourth-order valence-electron chi connectivity index (χ4n) is 1.44. The maximum atomic E-state index is 13.3. The van der Waals surface area contributed by atoms with Crippen LogP contribution in [0.2, 0.25) is 0 Å². The summed E-state index contributed by atoms with van der Waals surface area (Å²) >= 11 is 0. The van der Waals surface area contributed by atoms with Gasteiger partial charge in [0.25, 0.3) is 0 Å². The lowest BCUT2D eigenvalue weighted by Crippen LogP contribution is -2.05. The number of anilines is 1. The summed E-state index contributed by atoms with van der Waals surface area (Å²) in [5.41, 5.74) is 1.67. The van der Waals surface area contributed by atoms with Gasteiger partial charge in [-0.2, -0.15) is 0 Å². The molecule has 1 aromatic rings. The van der Waals surface area contributed by atoms with Crippen LogP contribution in [-0.2, 0) is 4.79 Å².